The Kier molecular flexibility index (Phi) is 4.78. The fourth-order valence-electron chi connectivity index (χ4n) is 2.15. The van der Waals surface area contributed by atoms with Crippen molar-refractivity contribution in [1.82, 2.24) is 4.90 Å². The molecule has 1 saturated heterocycles. The Morgan fingerprint density at radius 2 is 2.00 bits per heavy atom. The maximum Gasteiger partial charge on any atom is 0.410 e. The van der Waals surface area contributed by atoms with Gasteiger partial charge in [-0.1, -0.05) is 0 Å². The number of hydrogen-bond donors (Lipinski definition) is 1. The van der Waals surface area contributed by atoms with E-state index in [1.165, 1.54) is 3.57 Å². The second-order valence-corrected chi connectivity index (χ2v) is 7.31. The molecule has 2 rings (SSSR count). The minimum atomic E-state index is -0.432. The summed E-state index contributed by atoms with van der Waals surface area (Å²) in [4.78, 5) is 13.8. The van der Waals surface area contributed by atoms with E-state index in [1.54, 1.807) is 4.90 Å². The summed E-state index contributed by atoms with van der Waals surface area (Å²) in [5.41, 5.74) is 0.667. The molecular weight excluding hydrogens is 367 g/mol. The van der Waals surface area contributed by atoms with Gasteiger partial charge in [0.1, 0.15) is 5.60 Å². The Labute approximate surface area is 134 Å². The van der Waals surface area contributed by atoms with Gasteiger partial charge in [-0.25, -0.2) is 4.79 Å². The molecular formula is C15H21IN2O2. The van der Waals surface area contributed by atoms with Gasteiger partial charge in [0.15, 0.2) is 0 Å². The van der Waals surface area contributed by atoms with Gasteiger partial charge >= 0.3 is 6.09 Å². The molecule has 1 aromatic carbocycles. The van der Waals surface area contributed by atoms with E-state index in [1.807, 2.05) is 20.8 Å². The number of carbonyl (C=O) groups excluding carboxylic acids is 1. The molecule has 0 aliphatic carbocycles. The highest BCUT2D eigenvalue weighted by Gasteiger charge is 2.29. The molecule has 1 heterocycles. The number of nitrogens with one attached hydrogen (secondary N) is 1. The van der Waals surface area contributed by atoms with Gasteiger partial charge in [0, 0.05) is 28.4 Å². The summed E-state index contributed by atoms with van der Waals surface area (Å²) in [6.45, 7) is 7.12. The zero-order valence-electron chi connectivity index (χ0n) is 12.1. The summed E-state index contributed by atoms with van der Waals surface area (Å²) >= 11 is 2.29. The van der Waals surface area contributed by atoms with E-state index in [9.17, 15) is 4.79 Å². The van der Waals surface area contributed by atoms with Crippen LogP contribution in [0.1, 0.15) is 27.2 Å². The normalized spacial score (nSPS) is 19.0. The first-order valence-corrected chi connectivity index (χ1v) is 7.91. The molecule has 110 valence electrons. The summed E-state index contributed by atoms with van der Waals surface area (Å²) in [7, 11) is 0. The quantitative estimate of drug-likeness (QED) is 0.786. The number of rotatable bonds is 2. The second-order valence-electron chi connectivity index (χ2n) is 6.06. The van der Waals surface area contributed by atoms with Crippen LogP contribution in [-0.4, -0.2) is 35.7 Å². The van der Waals surface area contributed by atoms with Crippen molar-refractivity contribution in [2.24, 2.45) is 0 Å². The van der Waals surface area contributed by atoms with Crippen molar-refractivity contribution in [1.29, 1.82) is 0 Å². The highest BCUT2D eigenvalue weighted by atomic mass is 127. The summed E-state index contributed by atoms with van der Waals surface area (Å²) in [5, 5.41) is 3.46. The summed E-state index contributed by atoms with van der Waals surface area (Å²) < 4.78 is 6.61. The van der Waals surface area contributed by atoms with Crippen molar-refractivity contribution in [3.05, 3.63) is 27.8 Å². The highest BCUT2D eigenvalue weighted by molar-refractivity contribution is 14.1. The smallest absolute Gasteiger partial charge is 0.410 e. The van der Waals surface area contributed by atoms with E-state index in [-0.39, 0.29) is 6.09 Å². The average Bonchev–Trinajstić information content (AvgIpc) is 2.79. The third-order valence-electron chi connectivity index (χ3n) is 3.05. The maximum atomic E-state index is 12.0. The van der Waals surface area contributed by atoms with Crippen molar-refractivity contribution >= 4 is 34.4 Å². The van der Waals surface area contributed by atoms with Crippen molar-refractivity contribution in [2.45, 2.75) is 38.8 Å². The molecule has 1 aliphatic heterocycles. The van der Waals surface area contributed by atoms with Crippen molar-refractivity contribution in [3.8, 4) is 0 Å². The van der Waals surface area contributed by atoms with Gasteiger partial charge in [-0.2, -0.15) is 0 Å². The number of hydrogen-bond acceptors (Lipinski definition) is 3. The molecule has 0 radical (unpaired) electrons. The van der Waals surface area contributed by atoms with E-state index in [2.05, 4.69) is 52.2 Å². The van der Waals surface area contributed by atoms with Gasteiger partial charge in [-0.05, 0) is 74.0 Å². The minimum Gasteiger partial charge on any atom is -0.444 e. The molecule has 1 N–H and O–H groups in total. The molecule has 0 saturated carbocycles. The Hall–Kier alpha value is -0.980. The first-order valence-electron chi connectivity index (χ1n) is 6.83. The van der Waals surface area contributed by atoms with E-state index in [0.29, 0.717) is 12.6 Å². The van der Waals surface area contributed by atoms with Crippen LogP contribution >= 0.6 is 22.6 Å². The highest BCUT2D eigenvalue weighted by Crippen LogP contribution is 2.19. The Morgan fingerprint density at radius 1 is 1.35 bits per heavy atom. The standard InChI is InChI=1S/C15H21IN2O2/c1-15(2,3)20-14(19)18-9-8-13(10-18)17-12-6-4-11(16)5-7-12/h4-7,13,17H,8-10H2,1-3H3. The number of amides is 1. The summed E-state index contributed by atoms with van der Waals surface area (Å²) in [6.07, 6.45) is 0.731. The van der Waals surface area contributed by atoms with Gasteiger partial charge in [-0.15, -0.1) is 0 Å². The van der Waals surface area contributed by atoms with Crippen molar-refractivity contribution in [3.63, 3.8) is 0 Å². The monoisotopic (exact) mass is 388 g/mol. The van der Waals surface area contributed by atoms with E-state index < -0.39 is 5.60 Å². The Morgan fingerprint density at radius 3 is 2.60 bits per heavy atom. The predicted molar refractivity (Wildman–Crippen MR) is 89.0 cm³/mol. The van der Waals surface area contributed by atoms with Crippen LogP contribution in [-0.2, 0) is 4.74 Å². The molecule has 0 aromatic heterocycles. The predicted octanol–water partition coefficient (Wildman–Crippen LogP) is 3.71. The molecule has 1 aromatic rings. The Bertz CT molecular complexity index is 468. The van der Waals surface area contributed by atoms with Crippen molar-refractivity contribution < 1.29 is 9.53 Å². The lowest BCUT2D eigenvalue weighted by Crippen LogP contribution is -2.36. The van der Waals surface area contributed by atoms with Gasteiger partial charge in [0.05, 0.1) is 0 Å². The van der Waals surface area contributed by atoms with Crippen LogP contribution in [0.3, 0.4) is 0 Å². The minimum absolute atomic E-state index is 0.218. The van der Waals surface area contributed by atoms with E-state index in [4.69, 9.17) is 4.74 Å². The molecule has 1 unspecified atom stereocenters. The topological polar surface area (TPSA) is 41.6 Å². The molecule has 1 fully saturated rings. The van der Waals surface area contributed by atoms with Crippen LogP contribution in [0, 0.1) is 3.57 Å². The van der Waals surface area contributed by atoms with Gasteiger partial charge in [0.25, 0.3) is 0 Å². The molecule has 5 heteroatoms. The fraction of sp³-hybridized carbons (Fsp3) is 0.533. The molecule has 1 amide bonds. The summed E-state index contributed by atoms with van der Waals surface area (Å²) in [5.74, 6) is 0. The van der Waals surface area contributed by atoms with Crippen LogP contribution < -0.4 is 5.32 Å². The molecule has 1 atom stereocenters. The number of likely N-dealkylation sites (tertiary alicyclic amines) is 1. The lowest BCUT2D eigenvalue weighted by molar-refractivity contribution is 0.0293. The van der Waals surface area contributed by atoms with E-state index >= 15 is 0 Å². The van der Waals surface area contributed by atoms with E-state index in [0.717, 1.165) is 18.7 Å². The first kappa shape index (κ1) is 15.4. The molecule has 4 nitrogen and oxygen atoms in total. The number of benzene rings is 1. The average molecular weight is 388 g/mol. The number of nitrogens with zero attached hydrogens (tertiary/aromatic N) is 1. The van der Waals surface area contributed by atoms with Crippen LogP contribution in [0.25, 0.3) is 0 Å². The number of anilines is 1. The first-order chi connectivity index (χ1) is 9.33. The molecule has 0 spiro atoms. The van der Waals surface area contributed by atoms with Crippen LogP contribution in [0.15, 0.2) is 24.3 Å². The zero-order valence-corrected chi connectivity index (χ0v) is 14.3. The molecule has 1 aliphatic rings. The third-order valence-corrected chi connectivity index (χ3v) is 3.77. The van der Waals surface area contributed by atoms with Crippen molar-refractivity contribution in [2.75, 3.05) is 18.4 Å². The number of carbonyl (C=O) groups is 1. The fourth-order valence-corrected chi connectivity index (χ4v) is 2.51. The zero-order chi connectivity index (χ0) is 14.8. The van der Waals surface area contributed by atoms with Gasteiger partial charge in [0.2, 0.25) is 0 Å². The summed E-state index contributed by atoms with van der Waals surface area (Å²) in [6, 6.07) is 8.57. The van der Waals surface area contributed by atoms with Gasteiger partial charge in [-0.3, -0.25) is 0 Å². The van der Waals surface area contributed by atoms with Crippen LogP contribution in [0.2, 0.25) is 0 Å². The number of halogens is 1. The third kappa shape index (κ3) is 4.54. The largest absolute Gasteiger partial charge is 0.444 e. The maximum absolute atomic E-state index is 12.0. The number of ether oxygens (including phenoxy) is 1. The lowest BCUT2D eigenvalue weighted by Gasteiger charge is -2.24. The van der Waals surface area contributed by atoms with Gasteiger partial charge < -0.3 is 15.0 Å². The lowest BCUT2D eigenvalue weighted by atomic mass is 10.2. The molecule has 20 heavy (non-hydrogen) atoms. The Balaban J connectivity index is 1.86. The second kappa shape index (κ2) is 6.20. The SMILES string of the molecule is CC(C)(C)OC(=O)N1CCC(Nc2ccc(I)cc2)C1. The molecule has 0 bridgehead atoms. The van der Waals surface area contributed by atoms with Crippen LogP contribution in [0.5, 0.6) is 0 Å². The van der Waals surface area contributed by atoms with Crippen LogP contribution in [0.4, 0.5) is 10.5 Å².